The van der Waals surface area contributed by atoms with E-state index in [0.717, 1.165) is 32.0 Å². The third kappa shape index (κ3) is 13.8. The lowest BCUT2D eigenvalue weighted by Crippen LogP contribution is -2.36. The van der Waals surface area contributed by atoms with Crippen LogP contribution < -0.4 is 22.5 Å². The number of nitrogen functional groups attached to an aromatic ring is 3. The number of nitrogens with two attached hydrogens (primary N) is 3. The highest BCUT2D eigenvalue weighted by molar-refractivity contribution is 7.47. The van der Waals surface area contributed by atoms with Gasteiger partial charge in [-0.15, -0.1) is 0 Å². The van der Waals surface area contributed by atoms with E-state index in [1.807, 2.05) is 0 Å². The van der Waals surface area contributed by atoms with Gasteiger partial charge < -0.3 is 61.8 Å². The zero-order valence-electron chi connectivity index (χ0n) is 43.4. The van der Waals surface area contributed by atoms with E-state index >= 15 is 0 Å². The SMILES string of the molecule is CCCCCCCCCCCCCCCC(=O)NCC1CC(OP(=O)(O)OCC2OC(n3cnc4c(N)ncnc43)C(OP(=O)(O)OCC3OC(n4cnc5c(N)ncnc54)C(O)C3O)C2O)C(n2cnc3c(N)ncnc32)O1. The first kappa shape index (κ1) is 58.2. The third-order valence-corrected chi connectivity index (χ3v) is 16.1. The number of phosphoric acid groups is 2. The van der Waals surface area contributed by atoms with Crippen LogP contribution in [0.2, 0.25) is 0 Å². The van der Waals surface area contributed by atoms with Crippen molar-refractivity contribution in [1.82, 2.24) is 63.9 Å². The van der Waals surface area contributed by atoms with E-state index in [1.165, 1.54) is 103 Å². The summed E-state index contributed by atoms with van der Waals surface area (Å²) in [5.74, 6) is -0.0798. The number of unbranched alkanes of at least 4 members (excludes halogenated alkanes) is 12. The number of phosphoric ester groups is 2. The highest BCUT2D eigenvalue weighted by Crippen LogP contribution is 2.53. The number of rotatable bonds is 29. The Labute approximate surface area is 452 Å². The van der Waals surface area contributed by atoms with Crippen LogP contribution in [0.3, 0.4) is 0 Å². The van der Waals surface area contributed by atoms with Crippen LogP contribution in [-0.4, -0.2) is 158 Å². The monoisotopic (exact) mass is 1150 g/mol. The Hall–Kier alpha value is -5.50. The second-order valence-electron chi connectivity index (χ2n) is 19.8. The van der Waals surface area contributed by atoms with Crippen LogP contribution in [0.1, 0.15) is 122 Å². The summed E-state index contributed by atoms with van der Waals surface area (Å²) in [5, 5.41) is 36.5. The number of ether oxygens (including phenoxy) is 3. The number of nitrogens with one attached hydrogen (secondary N) is 1. The maximum Gasteiger partial charge on any atom is 0.472 e. The first-order valence-corrected chi connectivity index (χ1v) is 29.4. The van der Waals surface area contributed by atoms with E-state index < -0.39 is 96.4 Å². The highest BCUT2D eigenvalue weighted by Gasteiger charge is 2.52. The second-order valence-corrected chi connectivity index (χ2v) is 22.6. The third-order valence-electron chi connectivity index (χ3n) is 14.1. The summed E-state index contributed by atoms with van der Waals surface area (Å²) in [4.78, 5) is 72.5. The fourth-order valence-corrected chi connectivity index (χ4v) is 11.8. The molecule has 0 spiro atoms. The van der Waals surface area contributed by atoms with Gasteiger partial charge in [0, 0.05) is 19.4 Å². The van der Waals surface area contributed by atoms with Gasteiger partial charge in [-0.3, -0.25) is 36.6 Å². The van der Waals surface area contributed by atoms with E-state index in [9.17, 15) is 39.0 Å². The van der Waals surface area contributed by atoms with Crippen LogP contribution in [0.15, 0.2) is 38.0 Å². The van der Waals surface area contributed by atoms with Crippen LogP contribution in [0.5, 0.6) is 0 Å². The number of aliphatic hydroxyl groups is 3. The number of nitrogens with zero attached hydrogens (tertiary/aromatic N) is 12. The Balaban J connectivity index is 0.819. The maximum absolute atomic E-state index is 13.9. The van der Waals surface area contributed by atoms with E-state index in [-0.39, 0.29) is 69.8 Å². The first-order chi connectivity index (χ1) is 38.0. The number of aliphatic hydroxyl groups excluding tert-OH is 3. The quantitative estimate of drug-likeness (QED) is 0.0241. The molecule has 13 unspecified atom stereocenters. The number of carbonyl (C=O) groups excluding carboxylic acids is 1. The molecule has 0 bridgehead atoms. The Morgan fingerprint density at radius 1 is 0.595 bits per heavy atom. The van der Waals surface area contributed by atoms with Crippen LogP contribution in [-0.2, 0) is 46.2 Å². The van der Waals surface area contributed by atoms with Crippen molar-refractivity contribution in [2.24, 2.45) is 0 Å². The molecule has 33 heteroatoms. The molecule has 0 radical (unpaired) electrons. The standard InChI is InChI=1S/C46H68N16O15P2/c1-2-3-4-5-6-7-8-9-10-11-12-13-14-15-30(63)50-17-26-16-27(44(73-26)60-23-57-31-38(47)51-20-54-41(31)60)76-78(67,68)71-19-29-35(65)37(46(75-29)62-25-59-33-40(49)53-22-56-43(33)62)77-79(69,70)72-18-28-34(64)36(66)45(74-28)61-24-58-32-39(48)52-21-55-42(32)61/h20-29,34-37,44-46,64-66H,2-19H2,1H3,(H,50,63)(H,67,68)(H,69,70)(H2,47,51,54)(H2,48,52,55)(H2,49,53,56). The van der Waals surface area contributed by atoms with Crippen molar-refractivity contribution >= 4 is 72.5 Å². The summed E-state index contributed by atoms with van der Waals surface area (Å²) in [5.41, 5.74) is 19.0. The fraction of sp³-hybridized carbons (Fsp3) is 0.652. The van der Waals surface area contributed by atoms with Gasteiger partial charge in [0.15, 0.2) is 53.1 Å². The molecular weight excluding hydrogens is 1080 g/mol. The minimum atomic E-state index is -5.29. The number of aromatic nitrogens is 12. The number of imidazole rings is 3. The Morgan fingerprint density at radius 3 is 1.56 bits per heavy atom. The molecule has 1 amide bonds. The van der Waals surface area contributed by atoms with Gasteiger partial charge in [0.25, 0.3) is 0 Å². The Morgan fingerprint density at radius 2 is 1.04 bits per heavy atom. The van der Waals surface area contributed by atoms with Gasteiger partial charge in [0.2, 0.25) is 5.91 Å². The predicted octanol–water partition coefficient (Wildman–Crippen LogP) is 3.02. The summed E-state index contributed by atoms with van der Waals surface area (Å²) in [6, 6.07) is 0. The molecule has 9 heterocycles. The van der Waals surface area contributed by atoms with Crippen molar-refractivity contribution in [3.63, 3.8) is 0 Å². The topological polar surface area (TPSA) is 438 Å². The lowest BCUT2D eigenvalue weighted by Gasteiger charge is -2.25. The molecule has 31 nitrogen and oxygen atoms in total. The van der Waals surface area contributed by atoms with Crippen LogP contribution >= 0.6 is 15.6 Å². The summed E-state index contributed by atoms with van der Waals surface area (Å²) in [6.45, 7) is 0.566. The first-order valence-electron chi connectivity index (χ1n) is 26.4. The smallest absolute Gasteiger partial charge is 0.387 e. The highest BCUT2D eigenvalue weighted by atomic mass is 31.2. The van der Waals surface area contributed by atoms with E-state index in [4.69, 9.17) is 49.5 Å². The minimum Gasteiger partial charge on any atom is -0.387 e. The summed E-state index contributed by atoms with van der Waals surface area (Å²) in [7, 11) is -10.4. The normalized spacial score (nSPS) is 26.8. The molecule has 3 saturated heterocycles. The van der Waals surface area contributed by atoms with Crippen LogP contribution in [0.4, 0.5) is 17.5 Å². The number of carbonyl (C=O) groups is 1. The minimum absolute atomic E-state index is 0.0179. The molecule has 13 atom stereocenters. The van der Waals surface area contributed by atoms with E-state index in [0.29, 0.717) is 6.42 Å². The molecule has 12 N–H and O–H groups in total. The van der Waals surface area contributed by atoms with Gasteiger partial charge in [-0.05, 0) is 6.42 Å². The van der Waals surface area contributed by atoms with Crippen molar-refractivity contribution < 1.29 is 71.3 Å². The maximum atomic E-state index is 13.9. The molecule has 0 aliphatic carbocycles. The van der Waals surface area contributed by atoms with Gasteiger partial charge >= 0.3 is 15.6 Å². The summed E-state index contributed by atoms with van der Waals surface area (Å²) >= 11 is 0. The number of anilines is 3. The Bertz CT molecular complexity index is 3100. The molecule has 9 rings (SSSR count). The molecule has 6 aromatic heterocycles. The van der Waals surface area contributed by atoms with Gasteiger partial charge in [0.05, 0.1) is 38.3 Å². The van der Waals surface area contributed by atoms with Crippen molar-refractivity contribution in [1.29, 1.82) is 0 Å². The van der Waals surface area contributed by atoms with Gasteiger partial charge in [-0.1, -0.05) is 84.0 Å². The molecule has 0 aromatic carbocycles. The number of amides is 1. The van der Waals surface area contributed by atoms with Gasteiger partial charge in [-0.2, -0.15) is 0 Å². The zero-order chi connectivity index (χ0) is 55.8. The average Bonchev–Trinajstić information content (AvgIpc) is 4.47. The van der Waals surface area contributed by atoms with Gasteiger partial charge in [0.1, 0.15) is 78.3 Å². The number of hydrogen-bond acceptors (Lipinski definition) is 25. The largest absolute Gasteiger partial charge is 0.472 e. The van der Waals surface area contributed by atoms with Crippen molar-refractivity contribution in [3.8, 4) is 0 Å². The van der Waals surface area contributed by atoms with E-state index in [1.54, 1.807) is 0 Å². The lowest BCUT2D eigenvalue weighted by atomic mass is 10.0. The Kier molecular flexibility index (Phi) is 19.1. The molecule has 3 fully saturated rings. The summed E-state index contributed by atoms with van der Waals surface area (Å²) in [6.07, 6.45) is 7.02. The molecule has 3 aliphatic rings. The van der Waals surface area contributed by atoms with Crippen molar-refractivity contribution in [3.05, 3.63) is 38.0 Å². The van der Waals surface area contributed by atoms with Crippen LogP contribution in [0.25, 0.3) is 33.5 Å². The molecule has 0 saturated carbocycles. The lowest BCUT2D eigenvalue weighted by molar-refractivity contribution is -0.122. The zero-order valence-corrected chi connectivity index (χ0v) is 45.1. The van der Waals surface area contributed by atoms with Crippen molar-refractivity contribution in [2.75, 3.05) is 37.0 Å². The second kappa shape index (κ2) is 26.0. The summed E-state index contributed by atoms with van der Waals surface area (Å²) < 4.78 is 72.0. The average molecular weight is 1150 g/mol. The molecule has 6 aromatic rings. The molecule has 432 valence electrons. The number of fused-ring (bicyclic) bond motifs is 3. The van der Waals surface area contributed by atoms with Crippen molar-refractivity contribution in [2.45, 2.75) is 171 Å². The van der Waals surface area contributed by atoms with Crippen LogP contribution in [0, 0.1) is 0 Å². The molecular formula is C46H68N16O15P2. The van der Waals surface area contributed by atoms with E-state index in [2.05, 4.69) is 57.1 Å². The predicted molar refractivity (Wildman–Crippen MR) is 278 cm³/mol. The fourth-order valence-electron chi connectivity index (χ4n) is 9.99. The molecule has 79 heavy (non-hydrogen) atoms. The molecule has 3 aliphatic heterocycles. The van der Waals surface area contributed by atoms with Gasteiger partial charge in [-0.25, -0.2) is 54.0 Å². The number of hydrogen-bond donors (Lipinski definition) is 9.